The monoisotopic (exact) mass is 289 g/mol. The van der Waals surface area contributed by atoms with E-state index >= 15 is 0 Å². The summed E-state index contributed by atoms with van der Waals surface area (Å²) in [5.74, 6) is 1.06. The lowest BCUT2D eigenvalue weighted by Crippen LogP contribution is -2.20. The van der Waals surface area contributed by atoms with Crippen LogP contribution < -0.4 is 5.32 Å². The van der Waals surface area contributed by atoms with Crippen molar-refractivity contribution in [2.45, 2.75) is 58.5 Å². The Hall–Kier alpha value is -1.55. The molecular formula is C17H27N3O. The van der Waals surface area contributed by atoms with Crippen LogP contribution in [0.3, 0.4) is 0 Å². The molecule has 2 aromatic heterocycles. The fourth-order valence-corrected chi connectivity index (χ4v) is 2.88. The second-order valence-electron chi connectivity index (χ2n) is 5.46. The second-order valence-corrected chi connectivity index (χ2v) is 5.46. The highest BCUT2D eigenvalue weighted by Gasteiger charge is 2.17. The second kappa shape index (κ2) is 7.46. The molecule has 0 amide bonds. The van der Waals surface area contributed by atoms with Crippen molar-refractivity contribution >= 4 is 0 Å². The lowest BCUT2D eigenvalue weighted by molar-refractivity contribution is 0.423. The van der Waals surface area contributed by atoms with Crippen molar-refractivity contribution in [3.05, 3.63) is 41.6 Å². The molecular weight excluding hydrogens is 262 g/mol. The van der Waals surface area contributed by atoms with E-state index in [1.54, 1.807) is 6.26 Å². The summed E-state index contributed by atoms with van der Waals surface area (Å²) in [4.78, 5) is 0. The van der Waals surface area contributed by atoms with Gasteiger partial charge in [0.15, 0.2) is 0 Å². The molecule has 1 atom stereocenters. The first-order chi connectivity index (χ1) is 10.2. The van der Waals surface area contributed by atoms with Crippen LogP contribution in [-0.2, 0) is 12.8 Å². The summed E-state index contributed by atoms with van der Waals surface area (Å²) in [6.45, 7) is 6.55. The molecule has 2 heterocycles. The molecule has 0 aromatic carbocycles. The molecule has 0 bridgehead atoms. The maximum Gasteiger partial charge on any atom is 0.108 e. The summed E-state index contributed by atoms with van der Waals surface area (Å²) < 4.78 is 7.66. The van der Waals surface area contributed by atoms with E-state index in [0.717, 1.165) is 37.1 Å². The first-order valence-electron chi connectivity index (χ1n) is 8.00. The summed E-state index contributed by atoms with van der Waals surface area (Å²) in [6.07, 6.45) is 7.93. The predicted molar refractivity (Wildman–Crippen MR) is 85.4 cm³/mol. The maximum absolute atomic E-state index is 5.55. The van der Waals surface area contributed by atoms with Crippen molar-refractivity contribution in [2.24, 2.45) is 0 Å². The van der Waals surface area contributed by atoms with E-state index in [1.807, 2.05) is 7.05 Å². The zero-order chi connectivity index (χ0) is 15.2. The van der Waals surface area contributed by atoms with Crippen LogP contribution in [0.2, 0.25) is 0 Å². The SMILES string of the molecule is CCc1occc1C(Cc1ccn(C(CC)CC)n1)NC. The van der Waals surface area contributed by atoms with E-state index in [2.05, 4.69) is 49.1 Å². The van der Waals surface area contributed by atoms with Gasteiger partial charge in [-0.3, -0.25) is 4.68 Å². The number of nitrogens with one attached hydrogen (secondary N) is 1. The van der Waals surface area contributed by atoms with Crippen molar-refractivity contribution in [3.8, 4) is 0 Å². The predicted octanol–water partition coefficient (Wildman–Crippen LogP) is 3.90. The van der Waals surface area contributed by atoms with Crippen LogP contribution >= 0.6 is 0 Å². The molecule has 21 heavy (non-hydrogen) atoms. The Kier molecular flexibility index (Phi) is 5.62. The molecule has 0 fully saturated rings. The number of likely N-dealkylation sites (N-methyl/N-ethyl adjacent to an activating group) is 1. The normalized spacial score (nSPS) is 13.0. The molecule has 1 unspecified atom stereocenters. The Balaban J connectivity index is 2.12. The molecule has 2 aromatic rings. The molecule has 116 valence electrons. The van der Waals surface area contributed by atoms with Crippen LogP contribution in [0.15, 0.2) is 29.0 Å². The number of rotatable bonds is 8. The van der Waals surface area contributed by atoms with Gasteiger partial charge in [0.05, 0.1) is 18.0 Å². The first-order valence-corrected chi connectivity index (χ1v) is 8.00. The molecule has 0 aliphatic rings. The Morgan fingerprint density at radius 3 is 2.62 bits per heavy atom. The average Bonchev–Trinajstić information content (AvgIpc) is 3.15. The highest BCUT2D eigenvalue weighted by Crippen LogP contribution is 2.23. The minimum atomic E-state index is 0.253. The van der Waals surface area contributed by atoms with E-state index in [1.165, 1.54) is 5.56 Å². The third-order valence-electron chi connectivity index (χ3n) is 4.22. The van der Waals surface area contributed by atoms with Gasteiger partial charge < -0.3 is 9.73 Å². The van der Waals surface area contributed by atoms with Crippen LogP contribution in [0.5, 0.6) is 0 Å². The lowest BCUT2D eigenvalue weighted by atomic mass is 10.0. The van der Waals surface area contributed by atoms with E-state index < -0.39 is 0 Å². The number of furan rings is 1. The molecule has 2 rings (SSSR count). The number of aromatic nitrogens is 2. The van der Waals surface area contributed by atoms with Gasteiger partial charge in [0.2, 0.25) is 0 Å². The Labute approximate surface area is 127 Å². The molecule has 1 N–H and O–H groups in total. The van der Waals surface area contributed by atoms with Crippen molar-refractivity contribution in [3.63, 3.8) is 0 Å². The topological polar surface area (TPSA) is 43.0 Å². The summed E-state index contributed by atoms with van der Waals surface area (Å²) in [6, 6.07) is 4.96. The standard InChI is InChI=1S/C17H27N3O/c1-5-14(6-2)20-10-8-13(19-20)12-16(18-4)15-9-11-21-17(15)7-3/h8-11,14,16,18H,5-7,12H2,1-4H3. The van der Waals surface area contributed by atoms with Crippen molar-refractivity contribution in [1.82, 2.24) is 15.1 Å². The fraction of sp³-hybridized carbons (Fsp3) is 0.588. The third kappa shape index (κ3) is 3.56. The van der Waals surface area contributed by atoms with Gasteiger partial charge in [-0.2, -0.15) is 5.10 Å². The van der Waals surface area contributed by atoms with Gasteiger partial charge in [-0.1, -0.05) is 20.8 Å². The largest absolute Gasteiger partial charge is 0.469 e. The Morgan fingerprint density at radius 2 is 2.00 bits per heavy atom. The zero-order valence-electron chi connectivity index (χ0n) is 13.6. The van der Waals surface area contributed by atoms with Crippen LogP contribution in [-0.4, -0.2) is 16.8 Å². The molecule has 0 saturated heterocycles. The number of hydrogen-bond donors (Lipinski definition) is 1. The van der Waals surface area contributed by atoms with Crippen molar-refractivity contribution < 1.29 is 4.42 Å². The fourth-order valence-electron chi connectivity index (χ4n) is 2.88. The number of aryl methyl sites for hydroxylation is 1. The highest BCUT2D eigenvalue weighted by molar-refractivity contribution is 5.23. The minimum Gasteiger partial charge on any atom is -0.469 e. The quantitative estimate of drug-likeness (QED) is 0.801. The molecule has 0 aliphatic carbocycles. The molecule has 0 saturated carbocycles. The zero-order valence-corrected chi connectivity index (χ0v) is 13.6. The van der Waals surface area contributed by atoms with Crippen molar-refractivity contribution in [2.75, 3.05) is 7.05 Å². The molecule has 4 heteroatoms. The number of hydrogen-bond acceptors (Lipinski definition) is 3. The summed E-state index contributed by atoms with van der Waals surface area (Å²) in [7, 11) is 2.00. The highest BCUT2D eigenvalue weighted by atomic mass is 16.3. The lowest BCUT2D eigenvalue weighted by Gasteiger charge is -2.15. The average molecular weight is 289 g/mol. The van der Waals surface area contributed by atoms with Crippen LogP contribution in [0.4, 0.5) is 0 Å². The van der Waals surface area contributed by atoms with Gasteiger partial charge in [0, 0.05) is 30.6 Å². The molecule has 0 aliphatic heterocycles. The minimum absolute atomic E-state index is 0.253. The first kappa shape index (κ1) is 15.8. The Morgan fingerprint density at radius 1 is 1.24 bits per heavy atom. The van der Waals surface area contributed by atoms with Crippen LogP contribution in [0.25, 0.3) is 0 Å². The van der Waals surface area contributed by atoms with Gasteiger partial charge in [0.25, 0.3) is 0 Å². The van der Waals surface area contributed by atoms with Gasteiger partial charge in [-0.15, -0.1) is 0 Å². The maximum atomic E-state index is 5.55. The van der Waals surface area contributed by atoms with Gasteiger partial charge in [-0.05, 0) is 32.0 Å². The summed E-state index contributed by atoms with van der Waals surface area (Å²) in [5.41, 5.74) is 2.38. The summed E-state index contributed by atoms with van der Waals surface area (Å²) >= 11 is 0. The van der Waals surface area contributed by atoms with Crippen LogP contribution in [0, 0.1) is 0 Å². The van der Waals surface area contributed by atoms with E-state index in [0.29, 0.717) is 6.04 Å². The van der Waals surface area contributed by atoms with Crippen LogP contribution in [0.1, 0.15) is 62.7 Å². The third-order valence-corrected chi connectivity index (χ3v) is 4.22. The van der Waals surface area contributed by atoms with E-state index in [4.69, 9.17) is 9.52 Å². The van der Waals surface area contributed by atoms with Crippen molar-refractivity contribution in [1.29, 1.82) is 0 Å². The van der Waals surface area contributed by atoms with E-state index in [9.17, 15) is 0 Å². The molecule has 0 radical (unpaired) electrons. The smallest absolute Gasteiger partial charge is 0.108 e. The summed E-state index contributed by atoms with van der Waals surface area (Å²) in [5, 5.41) is 8.14. The molecule has 0 spiro atoms. The number of nitrogens with zero attached hydrogens (tertiary/aromatic N) is 2. The van der Waals surface area contributed by atoms with E-state index in [-0.39, 0.29) is 6.04 Å². The van der Waals surface area contributed by atoms with Gasteiger partial charge in [-0.25, -0.2) is 0 Å². The van der Waals surface area contributed by atoms with Gasteiger partial charge in [0.1, 0.15) is 5.76 Å². The van der Waals surface area contributed by atoms with Gasteiger partial charge >= 0.3 is 0 Å². The molecule has 4 nitrogen and oxygen atoms in total. The Bertz CT molecular complexity index is 540.